The summed E-state index contributed by atoms with van der Waals surface area (Å²) in [6.07, 6.45) is 0.470. The summed E-state index contributed by atoms with van der Waals surface area (Å²) in [5.74, 6) is -0.423. The fourth-order valence-corrected chi connectivity index (χ4v) is 2.35. The van der Waals surface area contributed by atoms with Crippen molar-refractivity contribution in [1.29, 1.82) is 0 Å². The fraction of sp³-hybridized carbons (Fsp3) is 0.500. The van der Waals surface area contributed by atoms with Gasteiger partial charge in [-0.1, -0.05) is 11.3 Å². The molecule has 8 heteroatoms. The van der Waals surface area contributed by atoms with Crippen molar-refractivity contribution in [3.05, 3.63) is 27.1 Å². The highest BCUT2D eigenvalue weighted by Gasteiger charge is 2.32. The first-order chi connectivity index (χ1) is 8.50. The third-order valence-electron chi connectivity index (χ3n) is 2.66. The van der Waals surface area contributed by atoms with Gasteiger partial charge in [0, 0.05) is 25.6 Å². The number of rotatable bonds is 4. The molecule has 0 radical (unpaired) electrons. The van der Waals surface area contributed by atoms with Gasteiger partial charge in [0.1, 0.15) is 5.60 Å². The zero-order valence-electron chi connectivity index (χ0n) is 9.42. The fourth-order valence-electron chi connectivity index (χ4n) is 1.62. The van der Waals surface area contributed by atoms with Crippen LogP contribution in [-0.4, -0.2) is 41.3 Å². The predicted molar refractivity (Wildman–Crippen MR) is 63.7 cm³/mol. The number of hydrogen-bond donors (Lipinski definition) is 2. The topological polar surface area (TPSA) is 102 Å². The lowest BCUT2D eigenvalue weighted by molar-refractivity contribution is -0.380. The molecule has 0 aliphatic carbocycles. The van der Waals surface area contributed by atoms with Crippen molar-refractivity contribution >= 4 is 22.2 Å². The maximum atomic E-state index is 11.7. The molecule has 1 unspecified atom stereocenters. The van der Waals surface area contributed by atoms with E-state index in [2.05, 4.69) is 5.32 Å². The van der Waals surface area contributed by atoms with Crippen LogP contribution < -0.4 is 5.32 Å². The number of nitrogens with one attached hydrogen (secondary N) is 1. The summed E-state index contributed by atoms with van der Waals surface area (Å²) in [5.41, 5.74) is -1.03. The van der Waals surface area contributed by atoms with Crippen LogP contribution in [0.15, 0.2) is 12.1 Å². The molecule has 1 saturated heterocycles. The number of ether oxygens (including phenoxy) is 1. The number of thiophene rings is 1. The highest BCUT2D eigenvalue weighted by Crippen LogP contribution is 2.24. The SMILES string of the molecule is O=C(NCC1(O)CCOC1)c1ccc([N+](=O)[O-])s1. The van der Waals surface area contributed by atoms with Crippen molar-refractivity contribution in [2.75, 3.05) is 19.8 Å². The van der Waals surface area contributed by atoms with E-state index in [0.717, 1.165) is 11.3 Å². The number of carbonyl (C=O) groups is 1. The Morgan fingerprint density at radius 1 is 1.67 bits per heavy atom. The van der Waals surface area contributed by atoms with Crippen LogP contribution in [0.3, 0.4) is 0 Å². The van der Waals surface area contributed by atoms with Gasteiger partial charge in [-0.25, -0.2) is 0 Å². The van der Waals surface area contributed by atoms with Crippen molar-refractivity contribution in [2.24, 2.45) is 0 Å². The van der Waals surface area contributed by atoms with Crippen LogP contribution in [0.5, 0.6) is 0 Å². The summed E-state index contributed by atoms with van der Waals surface area (Å²) < 4.78 is 5.05. The summed E-state index contributed by atoms with van der Waals surface area (Å²) in [4.78, 5) is 21.9. The van der Waals surface area contributed by atoms with E-state index < -0.39 is 16.4 Å². The zero-order chi connectivity index (χ0) is 13.2. The normalized spacial score (nSPS) is 22.9. The van der Waals surface area contributed by atoms with Crippen molar-refractivity contribution in [2.45, 2.75) is 12.0 Å². The summed E-state index contributed by atoms with van der Waals surface area (Å²) in [6.45, 7) is 0.742. The molecule has 2 heterocycles. The molecule has 1 aromatic heterocycles. The standard InChI is InChI=1S/C10H12N2O5S/c13-9(7-1-2-8(18-7)12(15)16)11-5-10(14)3-4-17-6-10/h1-2,14H,3-6H2,(H,11,13). The molecule has 2 rings (SSSR count). The number of nitro groups is 1. The predicted octanol–water partition coefficient (Wildman–Crippen LogP) is 0.537. The third-order valence-corrected chi connectivity index (χ3v) is 3.69. The first kappa shape index (κ1) is 12.9. The molecule has 1 atom stereocenters. The number of carbonyl (C=O) groups excluding carboxylic acids is 1. The van der Waals surface area contributed by atoms with E-state index in [1.807, 2.05) is 0 Å². The molecule has 1 fully saturated rings. The molecule has 0 saturated carbocycles. The Bertz CT molecular complexity index is 467. The molecule has 1 amide bonds. The number of aliphatic hydroxyl groups is 1. The van der Waals surface area contributed by atoms with Gasteiger partial charge in [-0.2, -0.15) is 0 Å². The Labute approximate surface area is 107 Å². The zero-order valence-corrected chi connectivity index (χ0v) is 10.2. The van der Waals surface area contributed by atoms with Crippen LogP contribution in [0.2, 0.25) is 0 Å². The minimum Gasteiger partial charge on any atom is -0.386 e. The second kappa shape index (κ2) is 5.01. The van der Waals surface area contributed by atoms with E-state index in [1.165, 1.54) is 12.1 Å². The number of hydrogen-bond acceptors (Lipinski definition) is 6. The van der Waals surface area contributed by atoms with Crippen LogP contribution in [-0.2, 0) is 4.74 Å². The van der Waals surface area contributed by atoms with Crippen LogP contribution in [0.25, 0.3) is 0 Å². The minimum atomic E-state index is -1.03. The molecular formula is C10H12N2O5S. The number of amides is 1. The summed E-state index contributed by atoms with van der Waals surface area (Å²) >= 11 is 0.806. The van der Waals surface area contributed by atoms with Gasteiger partial charge in [0.25, 0.3) is 5.91 Å². The lowest BCUT2D eigenvalue weighted by Crippen LogP contribution is -2.43. The second-order valence-electron chi connectivity index (χ2n) is 4.10. The smallest absolute Gasteiger partial charge is 0.324 e. The average molecular weight is 272 g/mol. The quantitative estimate of drug-likeness (QED) is 0.615. The Balaban J connectivity index is 1.93. The van der Waals surface area contributed by atoms with Gasteiger partial charge >= 0.3 is 5.00 Å². The van der Waals surface area contributed by atoms with Crippen LogP contribution in [0.1, 0.15) is 16.1 Å². The molecule has 1 aromatic rings. The lowest BCUT2D eigenvalue weighted by Gasteiger charge is -2.20. The van der Waals surface area contributed by atoms with Crippen molar-refractivity contribution in [3.8, 4) is 0 Å². The van der Waals surface area contributed by atoms with Gasteiger partial charge < -0.3 is 15.2 Å². The first-order valence-corrected chi connectivity index (χ1v) is 6.14. The summed E-state index contributed by atoms with van der Waals surface area (Å²) in [5, 5.41) is 22.9. The largest absolute Gasteiger partial charge is 0.386 e. The first-order valence-electron chi connectivity index (χ1n) is 5.33. The van der Waals surface area contributed by atoms with Crippen molar-refractivity contribution in [3.63, 3.8) is 0 Å². The third kappa shape index (κ3) is 2.84. The highest BCUT2D eigenvalue weighted by molar-refractivity contribution is 7.17. The van der Waals surface area contributed by atoms with E-state index in [9.17, 15) is 20.0 Å². The van der Waals surface area contributed by atoms with Gasteiger partial charge in [-0.15, -0.1) is 0 Å². The Hall–Kier alpha value is -1.51. The Morgan fingerprint density at radius 2 is 2.44 bits per heavy atom. The van der Waals surface area contributed by atoms with E-state index in [4.69, 9.17) is 4.74 Å². The Kier molecular flexibility index (Phi) is 3.60. The molecule has 2 N–H and O–H groups in total. The maximum absolute atomic E-state index is 11.7. The lowest BCUT2D eigenvalue weighted by atomic mass is 10.0. The molecule has 98 valence electrons. The van der Waals surface area contributed by atoms with Gasteiger partial charge in [-0.05, 0) is 6.07 Å². The van der Waals surface area contributed by atoms with E-state index in [-0.39, 0.29) is 23.0 Å². The molecule has 1 aliphatic rings. The van der Waals surface area contributed by atoms with Gasteiger partial charge in [-0.3, -0.25) is 14.9 Å². The monoisotopic (exact) mass is 272 g/mol. The second-order valence-corrected chi connectivity index (χ2v) is 5.17. The van der Waals surface area contributed by atoms with E-state index >= 15 is 0 Å². The molecule has 0 spiro atoms. The van der Waals surface area contributed by atoms with Crippen molar-refractivity contribution < 1.29 is 19.6 Å². The molecular weight excluding hydrogens is 260 g/mol. The number of nitrogens with zero attached hydrogens (tertiary/aromatic N) is 1. The molecule has 1 aliphatic heterocycles. The molecule has 0 bridgehead atoms. The van der Waals surface area contributed by atoms with Crippen LogP contribution in [0.4, 0.5) is 5.00 Å². The minimum absolute atomic E-state index is 0.0805. The van der Waals surface area contributed by atoms with Crippen LogP contribution in [0, 0.1) is 10.1 Å². The van der Waals surface area contributed by atoms with Gasteiger partial charge in [0.15, 0.2) is 0 Å². The summed E-state index contributed by atoms with van der Waals surface area (Å²) in [6, 6.07) is 2.68. The van der Waals surface area contributed by atoms with Crippen LogP contribution >= 0.6 is 11.3 Å². The maximum Gasteiger partial charge on any atom is 0.324 e. The molecule has 7 nitrogen and oxygen atoms in total. The highest BCUT2D eigenvalue weighted by atomic mass is 32.1. The summed E-state index contributed by atoms with van der Waals surface area (Å²) in [7, 11) is 0. The molecule has 0 aromatic carbocycles. The Morgan fingerprint density at radius 3 is 3.00 bits per heavy atom. The van der Waals surface area contributed by atoms with E-state index in [0.29, 0.717) is 13.0 Å². The van der Waals surface area contributed by atoms with Gasteiger partial charge in [0.05, 0.1) is 16.4 Å². The average Bonchev–Trinajstić information content (AvgIpc) is 2.95. The van der Waals surface area contributed by atoms with E-state index in [1.54, 1.807) is 0 Å². The molecule has 18 heavy (non-hydrogen) atoms. The van der Waals surface area contributed by atoms with Crippen molar-refractivity contribution in [1.82, 2.24) is 5.32 Å². The van der Waals surface area contributed by atoms with Gasteiger partial charge in [0.2, 0.25) is 0 Å².